The third-order valence-corrected chi connectivity index (χ3v) is 4.27. The molecule has 6 heteroatoms. The monoisotopic (exact) mass is 305 g/mol. The third kappa shape index (κ3) is 2.47. The van der Waals surface area contributed by atoms with Gasteiger partial charge in [-0.25, -0.2) is 4.39 Å². The van der Waals surface area contributed by atoms with Gasteiger partial charge in [0, 0.05) is 29.9 Å². The van der Waals surface area contributed by atoms with Crippen LogP contribution in [0.2, 0.25) is 5.02 Å². The van der Waals surface area contributed by atoms with Crippen LogP contribution in [0.25, 0.3) is 10.9 Å². The molecule has 3 rings (SSSR count). The Morgan fingerprint density at radius 2 is 2.14 bits per heavy atom. The first-order chi connectivity index (χ1) is 10.1. The van der Waals surface area contributed by atoms with Gasteiger partial charge < -0.3 is 9.88 Å². The first-order valence-corrected chi connectivity index (χ1v) is 7.13. The van der Waals surface area contributed by atoms with E-state index < -0.39 is 5.82 Å². The molecule has 1 N–H and O–H groups in total. The summed E-state index contributed by atoms with van der Waals surface area (Å²) in [5, 5.41) is 9.64. The van der Waals surface area contributed by atoms with Crippen molar-refractivity contribution in [3.63, 3.8) is 0 Å². The molecule has 0 atom stereocenters. The average Bonchev–Trinajstić information content (AvgIpc) is 2.83. The smallest absolute Gasteiger partial charge is 0.271 e. The van der Waals surface area contributed by atoms with Crippen molar-refractivity contribution in [2.45, 2.75) is 12.8 Å². The summed E-state index contributed by atoms with van der Waals surface area (Å²) in [4.78, 5) is 17.1. The lowest BCUT2D eigenvalue weighted by Gasteiger charge is -2.28. The number of fused-ring (bicyclic) bond motifs is 1. The van der Waals surface area contributed by atoms with Crippen LogP contribution < -0.4 is 0 Å². The number of nitriles is 1. The molecule has 4 nitrogen and oxygen atoms in total. The summed E-state index contributed by atoms with van der Waals surface area (Å²) in [5.41, 5.74) is 0.921. The molecular formula is C15H13ClFN3O. The van der Waals surface area contributed by atoms with Gasteiger partial charge in [-0.3, -0.25) is 4.79 Å². The van der Waals surface area contributed by atoms with E-state index in [9.17, 15) is 9.18 Å². The summed E-state index contributed by atoms with van der Waals surface area (Å²) < 4.78 is 13.3. The molecule has 21 heavy (non-hydrogen) atoms. The van der Waals surface area contributed by atoms with E-state index in [-0.39, 0.29) is 22.5 Å². The van der Waals surface area contributed by atoms with Crippen molar-refractivity contribution in [1.29, 1.82) is 5.26 Å². The van der Waals surface area contributed by atoms with Crippen LogP contribution in [0.3, 0.4) is 0 Å². The zero-order valence-corrected chi connectivity index (χ0v) is 12.0. The van der Waals surface area contributed by atoms with Crippen LogP contribution in [0.4, 0.5) is 4.39 Å². The first-order valence-electron chi connectivity index (χ1n) is 6.75. The number of likely N-dealkylation sites (tertiary alicyclic amines) is 1. The van der Waals surface area contributed by atoms with E-state index in [4.69, 9.17) is 16.9 Å². The van der Waals surface area contributed by atoms with Gasteiger partial charge in [-0.15, -0.1) is 0 Å². The van der Waals surface area contributed by atoms with Crippen LogP contribution in [0.15, 0.2) is 18.2 Å². The highest BCUT2D eigenvalue weighted by atomic mass is 35.5. The number of aromatic amines is 1. The lowest BCUT2D eigenvalue weighted by Crippen LogP contribution is -2.38. The van der Waals surface area contributed by atoms with Crippen LogP contribution in [-0.2, 0) is 0 Å². The molecule has 1 aromatic carbocycles. The van der Waals surface area contributed by atoms with Crippen LogP contribution in [-0.4, -0.2) is 28.9 Å². The van der Waals surface area contributed by atoms with Crippen molar-refractivity contribution < 1.29 is 9.18 Å². The van der Waals surface area contributed by atoms with Crippen molar-refractivity contribution in [2.24, 2.45) is 5.92 Å². The molecule has 0 aliphatic carbocycles. The number of halogens is 2. The molecule has 0 unspecified atom stereocenters. The minimum atomic E-state index is -0.391. The highest BCUT2D eigenvalue weighted by molar-refractivity contribution is 6.38. The summed E-state index contributed by atoms with van der Waals surface area (Å²) in [5.74, 6) is -0.577. The Hall–Kier alpha value is -2.06. The second kappa shape index (κ2) is 5.38. The van der Waals surface area contributed by atoms with Crippen LogP contribution in [0.1, 0.15) is 23.3 Å². The van der Waals surface area contributed by atoms with Gasteiger partial charge in [-0.2, -0.15) is 5.26 Å². The molecule has 1 fully saturated rings. The molecule has 1 aromatic heterocycles. The number of carbonyl (C=O) groups excluding carboxylic acids is 1. The number of carbonyl (C=O) groups is 1. The topological polar surface area (TPSA) is 59.9 Å². The lowest BCUT2D eigenvalue weighted by atomic mass is 9.98. The Balaban J connectivity index is 1.89. The van der Waals surface area contributed by atoms with E-state index in [1.54, 1.807) is 11.0 Å². The number of benzene rings is 1. The summed E-state index contributed by atoms with van der Waals surface area (Å²) in [6.07, 6.45) is 1.35. The standard InChI is InChI=1S/C15H13ClFN3O/c16-13-11-7-10(17)1-2-12(11)19-14(13)15(21)20-5-3-9(8-18)4-6-20/h1-2,7,9,19H,3-6H2. The van der Waals surface area contributed by atoms with E-state index in [0.29, 0.717) is 36.8 Å². The van der Waals surface area contributed by atoms with Crippen molar-refractivity contribution in [3.8, 4) is 6.07 Å². The second-order valence-electron chi connectivity index (χ2n) is 5.20. The van der Waals surface area contributed by atoms with Crippen molar-refractivity contribution in [2.75, 3.05) is 13.1 Å². The molecule has 0 bridgehead atoms. The van der Waals surface area contributed by atoms with Gasteiger partial charge in [-0.1, -0.05) is 11.6 Å². The van der Waals surface area contributed by atoms with E-state index in [0.717, 1.165) is 0 Å². The van der Waals surface area contributed by atoms with E-state index in [2.05, 4.69) is 11.1 Å². The van der Waals surface area contributed by atoms with Crippen molar-refractivity contribution >= 4 is 28.4 Å². The molecule has 1 aliphatic heterocycles. The Bertz CT molecular complexity index is 741. The molecular weight excluding hydrogens is 293 g/mol. The number of rotatable bonds is 1. The maximum absolute atomic E-state index is 13.3. The molecule has 108 valence electrons. The summed E-state index contributed by atoms with van der Waals surface area (Å²) in [7, 11) is 0. The van der Waals surface area contributed by atoms with E-state index in [1.165, 1.54) is 12.1 Å². The normalized spacial score (nSPS) is 16.1. The Morgan fingerprint density at radius 1 is 1.43 bits per heavy atom. The van der Waals surface area contributed by atoms with Crippen LogP contribution in [0.5, 0.6) is 0 Å². The van der Waals surface area contributed by atoms with Crippen LogP contribution >= 0.6 is 11.6 Å². The molecule has 1 aliphatic rings. The highest BCUT2D eigenvalue weighted by Crippen LogP contribution is 2.29. The number of nitrogens with one attached hydrogen (secondary N) is 1. The fourth-order valence-electron chi connectivity index (χ4n) is 2.65. The number of amides is 1. The van der Waals surface area contributed by atoms with Crippen molar-refractivity contribution in [3.05, 3.63) is 34.7 Å². The lowest BCUT2D eigenvalue weighted by molar-refractivity contribution is 0.0702. The first kappa shape index (κ1) is 13.9. The van der Waals surface area contributed by atoms with Gasteiger partial charge in [0.15, 0.2) is 0 Å². The minimum Gasteiger partial charge on any atom is -0.349 e. The molecule has 0 saturated carbocycles. The maximum Gasteiger partial charge on any atom is 0.271 e. The number of piperidine rings is 1. The Labute approximate surface area is 126 Å². The van der Waals surface area contributed by atoms with E-state index in [1.807, 2.05) is 0 Å². The Morgan fingerprint density at radius 3 is 2.81 bits per heavy atom. The molecule has 0 radical (unpaired) electrons. The number of aromatic nitrogens is 1. The maximum atomic E-state index is 13.3. The third-order valence-electron chi connectivity index (χ3n) is 3.88. The molecule has 1 amide bonds. The van der Waals surface area contributed by atoms with Gasteiger partial charge in [0.05, 0.1) is 11.1 Å². The van der Waals surface area contributed by atoms with Crippen molar-refractivity contribution in [1.82, 2.24) is 9.88 Å². The molecule has 0 spiro atoms. The largest absolute Gasteiger partial charge is 0.349 e. The zero-order valence-electron chi connectivity index (χ0n) is 11.2. The number of hydrogen-bond donors (Lipinski definition) is 1. The van der Waals surface area contributed by atoms with Gasteiger partial charge >= 0.3 is 0 Å². The zero-order chi connectivity index (χ0) is 15.0. The summed E-state index contributed by atoms with van der Waals surface area (Å²) in [6.45, 7) is 1.08. The number of hydrogen-bond acceptors (Lipinski definition) is 2. The molecule has 2 heterocycles. The fraction of sp³-hybridized carbons (Fsp3) is 0.333. The van der Waals surface area contributed by atoms with Crippen LogP contribution in [0, 0.1) is 23.1 Å². The quantitative estimate of drug-likeness (QED) is 0.878. The summed E-state index contributed by atoms with van der Waals surface area (Å²) >= 11 is 6.20. The highest BCUT2D eigenvalue weighted by Gasteiger charge is 2.26. The fourth-order valence-corrected chi connectivity index (χ4v) is 2.93. The molecule has 2 aromatic rings. The van der Waals surface area contributed by atoms with Gasteiger partial charge in [-0.05, 0) is 31.0 Å². The molecule has 1 saturated heterocycles. The van der Waals surface area contributed by atoms with Gasteiger partial charge in [0.25, 0.3) is 5.91 Å². The van der Waals surface area contributed by atoms with Gasteiger partial charge in [0.1, 0.15) is 11.5 Å². The number of H-pyrrole nitrogens is 1. The minimum absolute atomic E-state index is 0.0151. The van der Waals surface area contributed by atoms with Gasteiger partial charge in [0.2, 0.25) is 0 Å². The predicted molar refractivity (Wildman–Crippen MR) is 77.5 cm³/mol. The SMILES string of the molecule is N#CC1CCN(C(=O)c2[nH]c3ccc(F)cc3c2Cl)CC1. The average molecular weight is 306 g/mol. The number of nitrogens with zero attached hydrogens (tertiary/aromatic N) is 2. The second-order valence-corrected chi connectivity index (χ2v) is 5.58. The van der Waals surface area contributed by atoms with E-state index >= 15 is 0 Å². The summed E-state index contributed by atoms with van der Waals surface area (Å²) in [6, 6.07) is 6.43. The predicted octanol–water partition coefficient (Wildman–Crippen LogP) is 3.34. The Kier molecular flexibility index (Phi) is 3.56.